The number of rotatable bonds is 6. The predicted molar refractivity (Wildman–Crippen MR) is 284 cm³/mol. The van der Waals surface area contributed by atoms with E-state index in [-0.39, 0.29) is 16.6 Å². The van der Waals surface area contributed by atoms with Gasteiger partial charge in [-0.1, -0.05) is 151 Å². The predicted octanol–water partition coefficient (Wildman–Crippen LogP) is 16.1. The van der Waals surface area contributed by atoms with Gasteiger partial charge in [-0.15, -0.1) is 0 Å². The molecule has 0 unspecified atom stereocenters. The summed E-state index contributed by atoms with van der Waals surface area (Å²) in [4.78, 5) is 10.7. The summed E-state index contributed by atoms with van der Waals surface area (Å²) in [6, 6.07) is 63.8. The van der Waals surface area contributed by atoms with Crippen LogP contribution in [-0.4, -0.2) is 24.0 Å². The number of para-hydroxylation sites is 2. The molecule has 8 aromatic carbocycles. The summed E-state index contributed by atoms with van der Waals surface area (Å²) in [5, 5.41) is 26.7. The Bertz CT molecular complexity index is 4050. The van der Waals surface area contributed by atoms with Crippen molar-refractivity contribution in [3.63, 3.8) is 0 Å². The first-order valence-electron chi connectivity index (χ1n) is 23.6. The molecule has 1 N–H and O–H groups in total. The number of hydrogen-bond donors (Lipinski definition) is 1. The van der Waals surface area contributed by atoms with E-state index in [0.717, 1.165) is 99.5 Å². The zero-order valence-corrected chi connectivity index (χ0v) is 39.5. The molecule has 0 spiro atoms. The molecule has 69 heavy (non-hydrogen) atoms. The summed E-state index contributed by atoms with van der Waals surface area (Å²) in [6.07, 6.45) is 1.90. The number of aromatic nitrogens is 4. The lowest BCUT2D eigenvalue weighted by Crippen LogP contribution is -2.12. The summed E-state index contributed by atoms with van der Waals surface area (Å²) >= 11 is 0. The zero-order valence-electron chi connectivity index (χ0n) is 39.5. The van der Waals surface area contributed by atoms with Crippen molar-refractivity contribution in [3.8, 4) is 73.5 Å². The Morgan fingerprint density at radius 1 is 0.507 bits per heavy atom. The average Bonchev–Trinajstić information content (AvgIpc) is 4.03. The van der Waals surface area contributed by atoms with Crippen molar-refractivity contribution < 1.29 is 5.11 Å². The number of fused-ring (bicyclic) bond motifs is 7. The molecule has 4 heterocycles. The Morgan fingerprint density at radius 2 is 1.22 bits per heavy atom. The van der Waals surface area contributed by atoms with E-state index in [4.69, 9.17) is 9.97 Å². The maximum atomic E-state index is 13.0. The fourth-order valence-electron chi connectivity index (χ4n) is 10.4. The maximum Gasteiger partial charge on any atom is 0.149 e. The molecule has 0 radical (unpaired) electrons. The van der Waals surface area contributed by atoms with Crippen LogP contribution in [0, 0.1) is 11.3 Å². The first kappa shape index (κ1) is 41.9. The lowest BCUT2D eigenvalue weighted by molar-refractivity contribution is 0.483. The molecule has 0 aliphatic heterocycles. The number of benzene rings is 8. The van der Waals surface area contributed by atoms with E-state index in [0.29, 0.717) is 17.0 Å². The summed E-state index contributed by atoms with van der Waals surface area (Å²) in [6.45, 7) is 13.5. The van der Waals surface area contributed by atoms with Gasteiger partial charge < -0.3 is 9.51 Å². The van der Waals surface area contributed by atoms with E-state index >= 15 is 0 Å². The molecular formula is C63H49N5O. The van der Waals surface area contributed by atoms with Crippen molar-refractivity contribution in [2.24, 2.45) is 0 Å². The van der Waals surface area contributed by atoms with Gasteiger partial charge in [0.1, 0.15) is 11.6 Å². The second-order valence-corrected chi connectivity index (χ2v) is 20.4. The second kappa shape index (κ2) is 15.5. The van der Waals surface area contributed by atoms with Crippen LogP contribution in [0.15, 0.2) is 182 Å². The van der Waals surface area contributed by atoms with Gasteiger partial charge in [0.2, 0.25) is 0 Å². The van der Waals surface area contributed by atoms with E-state index in [9.17, 15) is 10.4 Å². The van der Waals surface area contributed by atoms with Gasteiger partial charge >= 0.3 is 0 Å². The normalized spacial score (nSPS) is 12.2. The average molecular weight is 892 g/mol. The van der Waals surface area contributed by atoms with Crippen LogP contribution in [0.25, 0.3) is 111 Å². The Hall–Kier alpha value is -8.53. The van der Waals surface area contributed by atoms with Gasteiger partial charge in [0.25, 0.3) is 0 Å². The molecule has 0 saturated carbocycles. The molecule has 0 aliphatic carbocycles. The minimum absolute atomic E-state index is 0.110. The zero-order chi connectivity index (χ0) is 47.3. The molecule has 0 amide bonds. The SMILES string of the molecule is CC(C)(C)c1cc(-c2cc(-c3ccccc3)ccn2)cc(-c2cccc3c2nc(-c2cc4c5ccc(C#N)cc5n5c6ccccc6c(c2O)c45)n3-c2ccc(C(C)(C)C)cc2-c2ccccc2)c1. The van der Waals surface area contributed by atoms with E-state index in [2.05, 4.69) is 196 Å². The second-order valence-electron chi connectivity index (χ2n) is 20.4. The quantitative estimate of drug-likeness (QED) is 0.180. The van der Waals surface area contributed by atoms with Crippen LogP contribution in [0.2, 0.25) is 0 Å². The lowest BCUT2D eigenvalue weighted by atomic mass is 9.83. The maximum absolute atomic E-state index is 13.0. The Balaban J connectivity index is 1.18. The minimum Gasteiger partial charge on any atom is -0.506 e. The Labute approximate surface area is 401 Å². The van der Waals surface area contributed by atoms with Crippen LogP contribution in [0.5, 0.6) is 5.75 Å². The molecule has 0 aliphatic rings. The molecule has 0 bridgehead atoms. The summed E-state index contributed by atoms with van der Waals surface area (Å²) in [5.41, 5.74) is 17.1. The number of nitriles is 1. The molecule has 0 atom stereocenters. The highest BCUT2D eigenvalue weighted by Gasteiger charge is 2.29. The van der Waals surface area contributed by atoms with Crippen LogP contribution in [0.3, 0.4) is 0 Å². The van der Waals surface area contributed by atoms with Gasteiger partial charge in [-0.05, 0) is 111 Å². The molecule has 0 fully saturated rings. The van der Waals surface area contributed by atoms with Crippen molar-refractivity contribution >= 4 is 49.1 Å². The highest BCUT2D eigenvalue weighted by molar-refractivity contribution is 6.26. The van der Waals surface area contributed by atoms with Gasteiger partial charge in [0, 0.05) is 39.0 Å². The van der Waals surface area contributed by atoms with Gasteiger partial charge in [-0.2, -0.15) is 5.26 Å². The highest BCUT2D eigenvalue weighted by atomic mass is 16.3. The van der Waals surface area contributed by atoms with Gasteiger partial charge in [0.05, 0.1) is 61.5 Å². The molecule has 6 nitrogen and oxygen atoms in total. The number of pyridine rings is 1. The molecule has 4 aromatic heterocycles. The van der Waals surface area contributed by atoms with Crippen molar-refractivity contribution in [2.45, 2.75) is 52.4 Å². The van der Waals surface area contributed by atoms with E-state index in [1.54, 1.807) is 0 Å². The molecular weight excluding hydrogens is 843 g/mol. The molecule has 6 heteroatoms. The third-order valence-corrected chi connectivity index (χ3v) is 14.0. The number of nitrogens with zero attached hydrogens (tertiary/aromatic N) is 5. The fraction of sp³-hybridized carbons (Fsp3) is 0.127. The van der Waals surface area contributed by atoms with Gasteiger partial charge in [0.15, 0.2) is 0 Å². The van der Waals surface area contributed by atoms with Crippen LogP contribution in [0.4, 0.5) is 0 Å². The van der Waals surface area contributed by atoms with Crippen molar-refractivity contribution in [1.29, 1.82) is 5.26 Å². The van der Waals surface area contributed by atoms with E-state index in [1.807, 2.05) is 42.6 Å². The van der Waals surface area contributed by atoms with Crippen molar-refractivity contribution in [2.75, 3.05) is 0 Å². The minimum atomic E-state index is -0.174. The lowest BCUT2D eigenvalue weighted by Gasteiger charge is -2.23. The number of aromatic hydroxyl groups is 1. The number of hydrogen-bond acceptors (Lipinski definition) is 4. The third kappa shape index (κ3) is 6.76. The number of phenols is 1. The molecule has 12 rings (SSSR count). The third-order valence-electron chi connectivity index (χ3n) is 14.0. The van der Waals surface area contributed by atoms with E-state index in [1.165, 1.54) is 11.1 Å². The van der Waals surface area contributed by atoms with Crippen LogP contribution in [0.1, 0.15) is 58.2 Å². The standard InChI is InChI=1S/C63H49N5O/c1-62(2,3)44-25-27-54(49(35-44)40-18-11-8-12-19-40)68-55-23-15-21-46(42-31-43(33-45(32-42)63(4,5)6)52-34-41(28-29-65-52)39-16-9-7-10-17-39)58(55)66-61(68)51-36-50-47-26-24-38(37-64)30-56(47)67-53-22-14-13-20-48(53)57(59(50)67)60(51)69/h7-36,69H,1-6H3. The summed E-state index contributed by atoms with van der Waals surface area (Å²) in [7, 11) is 0. The first-order chi connectivity index (χ1) is 33.4. The summed E-state index contributed by atoms with van der Waals surface area (Å²) < 4.78 is 4.46. The fourth-order valence-corrected chi connectivity index (χ4v) is 10.4. The van der Waals surface area contributed by atoms with Crippen LogP contribution < -0.4 is 0 Å². The molecule has 12 aromatic rings. The topological polar surface area (TPSA) is 79.1 Å². The number of phenolic OH excluding ortho intramolecular Hbond substituents is 1. The first-order valence-corrected chi connectivity index (χ1v) is 23.6. The van der Waals surface area contributed by atoms with Crippen molar-refractivity contribution in [3.05, 3.63) is 199 Å². The van der Waals surface area contributed by atoms with Crippen LogP contribution >= 0.6 is 0 Å². The summed E-state index contributed by atoms with van der Waals surface area (Å²) in [5.74, 6) is 0.779. The Morgan fingerprint density at radius 3 is 1.97 bits per heavy atom. The largest absolute Gasteiger partial charge is 0.506 e. The van der Waals surface area contributed by atoms with Crippen LogP contribution in [-0.2, 0) is 10.8 Å². The van der Waals surface area contributed by atoms with Gasteiger partial charge in [-0.25, -0.2) is 4.98 Å². The van der Waals surface area contributed by atoms with Crippen molar-refractivity contribution in [1.82, 2.24) is 18.9 Å². The van der Waals surface area contributed by atoms with Gasteiger partial charge in [-0.3, -0.25) is 9.55 Å². The Kier molecular flexibility index (Phi) is 9.41. The highest BCUT2D eigenvalue weighted by Crippen LogP contribution is 2.49. The molecule has 332 valence electrons. The monoisotopic (exact) mass is 891 g/mol. The smallest absolute Gasteiger partial charge is 0.149 e. The van der Waals surface area contributed by atoms with E-state index < -0.39 is 0 Å². The number of imidazole rings is 1. The molecule has 0 saturated heterocycles.